The van der Waals surface area contributed by atoms with Gasteiger partial charge in [0.05, 0.1) is 0 Å². The largest absolute Gasteiger partial charge is 0.339 e. The van der Waals surface area contributed by atoms with Crippen LogP contribution in [0.2, 0.25) is 0 Å². The van der Waals surface area contributed by atoms with E-state index in [1.807, 2.05) is 24.3 Å². The van der Waals surface area contributed by atoms with Crippen LogP contribution in [-0.2, 0) is 0 Å². The molecular formula is C22H19N3O2. The summed E-state index contributed by atoms with van der Waals surface area (Å²) in [5.74, 6) is 9.35. The van der Waals surface area contributed by atoms with Crippen LogP contribution in [0.15, 0.2) is 39.8 Å². The van der Waals surface area contributed by atoms with E-state index in [-0.39, 0.29) is 5.56 Å². The fourth-order valence-electron chi connectivity index (χ4n) is 8.68. The fraction of sp³-hybridized carbons (Fsp3) is 0.500. The molecule has 0 radical (unpaired) electrons. The van der Waals surface area contributed by atoms with Crippen LogP contribution in [0.1, 0.15) is 24.7 Å². The van der Waals surface area contributed by atoms with Gasteiger partial charge < -0.3 is 9.51 Å². The summed E-state index contributed by atoms with van der Waals surface area (Å²) in [6.07, 6.45) is 4.67. The van der Waals surface area contributed by atoms with Gasteiger partial charge in [0.15, 0.2) is 0 Å². The van der Waals surface area contributed by atoms with Gasteiger partial charge in [0.1, 0.15) is 0 Å². The fourth-order valence-corrected chi connectivity index (χ4v) is 8.68. The Morgan fingerprint density at radius 1 is 0.926 bits per heavy atom. The predicted octanol–water partition coefficient (Wildman–Crippen LogP) is 3.44. The van der Waals surface area contributed by atoms with E-state index in [0.29, 0.717) is 17.1 Å². The summed E-state index contributed by atoms with van der Waals surface area (Å²) in [6.45, 7) is 0. The average molecular weight is 357 g/mol. The zero-order valence-electron chi connectivity index (χ0n) is 14.7. The average Bonchev–Trinajstić information content (AvgIpc) is 3.37. The Labute approximate surface area is 155 Å². The van der Waals surface area contributed by atoms with Crippen LogP contribution < -0.4 is 5.56 Å². The number of aromatic nitrogens is 3. The molecule has 2 bridgehead atoms. The van der Waals surface area contributed by atoms with Gasteiger partial charge in [0, 0.05) is 23.1 Å². The van der Waals surface area contributed by atoms with Crippen molar-refractivity contribution in [2.24, 2.45) is 47.3 Å². The van der Waals surface area contributed by atoms with E-state index in [0.717, 1.165) is 64.2 Å². The van der Waals surface area contributed by atoms with E-state index in [1.165, 1.54) is 12.8 Å². The number of nitrogens with zero attached hydrogens (tertiary/aromatic N) is 2. The second kappa shape index (κ2) is 4.18. The van der Waals surface area contributed by atoms with Gasteiger partial charge in [0.2, 0.25) is 11.7 Å². The molecule has 0 amide bonds. The third kappa shape index (κ3) is 1.34. The highest BCUT2D eigenvalue weighted by molar-refractivity contribution is 5.93. The van der Waals surface area contributed by atoms with Gasteiger partial charge in [-0.25, -0.2) is 0 Å². The zero-order chi connectivity index (χ0) is 17.4. The second-order valence-corrected chi connectivity index (χ2v) is 9.50. The van der Waals surface area contributed by atoms with E-state index < -0.39 is 0 Å². The minimum Gasteiger partial charge on any atom is -0.339 e. The Hall–Kier alpha value is -2.43. The van der Waals surface area contributed by atoms with Crippen molar-refractivity contribution >= 4 is 10.8 Å². The Balaban J connectivity index is 1.26. The Morgan fingerprint density at radius 3 is 2.59 bits per heavy atom. The lowest BCUT2D eigenvalue weighted by atomic mass is 9.57. The van der Waals surface area contributed by atoms with Crippen LogP contribution in [0.3, 0.4) is 0 Å². The molecule has 5 saturated carbocycles. The van der Waals surface area contributed by atoms with E-state index >= 15 is 0 Å². The molecule has 1 N–H and O–H groups in total. The number of benzene rings is 1. The molecule has 2 heterocycles. The first-order valence-corrected chi connectivity index (χ1v) is 10.3. The molecular weight excluding hydrogens is 338 g/mol. The molecule has 0 saturated heterocycles. The monoisotopic (exact) mass is 357 g/mol. The highest BCUT2D eigenvalue weighted by Gasteiger charge is 2.81. The summed E-state index contributed by atoms with van der Waals surface area (Å²) in [5.41, 5.74) is 0.769. The molecule has 9 atom stereocenters. The van der Waals surface area contributed by atoms with E-state index in [4.69, 9.17) is 9.51 Å². The smallest absolute Gasteiger partial charge is 0.255 e. The second-order valence-electron chi connectivity index (χ2n) is 9.50. The van der Waals surface area contributed by atoms with Gasteiger partial charge in [-0.2, -0.15) is 4.98 Å². The van der Waals surface area contributed by atoms with Crippen molar-refractivity contribution in [1.82, 2.24) is 15.1 Å². The first kappa shape index (κ1) is 13.7. The van der Waals surface area contributed by atoms with Crippen LogP contribution in [0.5, 0.6) is 0 Å². The first-order valence-electron chi connectivity index (χ1n) is 10.3. The van der Waals surface area contributed by atoms with Gasteiger partial charge in [-0.1, -0.05) is 23.4 Å². The van der Waals surface area contributed by atoms with Crippen LogP contribution in [0.4, 0.5) is 0 Å². The topological polar surface area (TPSA) is 71.8 Å². The summed E-state index contributed by atoms with van der Waals surface area (Å²) < 4.78 is 5.87. The minimum atomic E-state index is -0.0805. The number of rotatable bonds is 2. The van der Waals surface area contributed by atoms with Crippen molar-refractivity contribution in [1.29, 1.82) is 0 Å². The predicted molar refractivity (Wildman–Crippen MR) is 97.8 cm³/mol. The van der Waals surface area contributed by atoms with Gasteiger partial charge >= 0.3 is 0 Å². The summed E-state index contributed by atoms with van der Waals surface area (Å²) in [4.78, 5) is 19.8. The molecule has 5 aliphatic carbocycles. The maximum Gasteiger partial charge on any atom is 0.255 e. The highest BCUT2D eigenvalue weighted by Crippen LogP contribution is 2.85. The normalized spacial score (nSPS) is 44.5. The number of H-pyrrole nitrogens is 1. The van der Waals surface area contributed by atoms with E-state index in [2.05, 4.69) is 10.1 Å². The summed E-state index contributed by atoms with van der Waals surface area (Å²) in [7, 11) is 0. The molecule has 0 aliphatic heterocycles. The van der Waals surface area contributed by atoms with Gasteiger partial charge in [-0.15, -0.1) is 0 Å². The maximum atomic E-state index is 12.1. The molecule has 5 nitrogen and oxygen atoms in total. The molecule has 5 fully saturated rings. The molecule has 27 heavy (non-hydrogen) atoms. The van der Waals surface area contributed by atoms with Crippen LogP contribution >= 0.6 is 0 Å². The van der Waals surface area contributed by atoms with Gasteiger partial charge in [0.25, 0.3) is 5.56 Å². The lowest BCUT2D eigenvalue weighted by Crippen LogP contribution is -2.43. The van der Waals surface area contributed by atoms with Crippen molar-refractivity contribution in [3.63, 3.8) is 0 Å². The SMILES string of the molecule is O=c1[nH]cc(-c2noc(C3C4C5CC6C7C5CC4C7C63)n2)c2ccccc12. The van der Waals surface area contributed by atoms with Crippen molar-refractivity contribution < 1.29 is 4.52 Å². The molecule has 9 unspecified atom stereocenters. The molecule has 1 aromatic carbocycles. The maximum absolute atomic E-state index is 12.1. The van der Waals surface area contributed by atoms with Gasteiger partial charge in [-0.05, 0) is 71.6 Å². The lowest BCUT2D eigenvalue weighted by molar-refractivity contribution is 0.00993. The van der Waals surface area contributed by atoms with Crippen molar-refractivity contribution in [3.8, 4) is 11.4 Å². The Bertz CT molecular complexity index is 1190. The molecule has 134 valence electrons. The molecule has 3 aromatic rings. The lowest BCUT2D eigenvalue weighted by Gasteiger charge is -2.47. The standard InChI is InChI=1S/C22H19N3O2/c26-21-9-4-2-1-3-8(9)14(7-23-21)20-24-22(27-25-20)19-16-11-6-12-15-10(11)5-13(16)17(15)18(12)19/h1-4,7,10-13,15-19H,5-6H2,(H,23,26). The van der Waals surface area contributed by atoms with Crippen LogP contribution in [0.25, 0.3) is 22.2 Å². The van der Waals surface area contributed by atoms with Gasteiger partial charge in [-0.3, -0.25) is 4.79 Å². The quantitative estimate of drug-likeness (QED) is 0.763. The Morgan fingerprint density at radius 2 is 1.70 bits per heavy atom. The molecule has 5 heteroatoms. The molecule has 2 aromatic heterocycles. The summed E-state index contributed by atoms with van der Waals surface area (Å²) in [5, 5.41) is 5.90. The number of hydrogen-bond acceptors (Lipinski definition) is 4. The zero-order valence-corrected chi connectivity index (χ0v) is 14.7. The third-order valence-electron chi connectivity index (χ3n) is 9.10. The first-order chi connectivity index (χ1) is 13.3. The van der Waals surface area contributed by atoms with Crippen LogP contribution in [-0.4, -0.2) is 15.1 Å². The van der Waals surface area contributed by atoms with E-state index in [1.54, 1.807) is 6.20 Å². The minimum absolute atomic E-state index is 0.0805. The summed E-state index contributed by atoms with van der Waals surface area (Å²) in [6, 6.07) is 7.63. The number of hydrogen-bond donors (Lipinski definition) is 1. The Kier molecular flexibility index (Phi) is 2.12. The number of fused-ring (bicyclic) bond motifs is 3. The molecule has 8 rings (SSSR count). The van der Waals surface area contributed by atoms with Crippen LogP contribution in [0, 0.1) is 47.3 Å². The van der Waals surface area contributed by atoms with Crippen molar-refractivity contribution in [2.75, 3.05) is 0 Å². The van der Waals surface area contributed by atoms with Crippen molar-refractivity contribution in [3.05, 3.63) is 46.7 Å². The third-order valence-corrected chi connectivity index (χ3v) is 9.10. The number of nitrogens with one attached hydrogen (secondary N) is 1. The number of pyridine rings is 1. The van der Waals surface area contributed by atoms with Crippen molar-refractivity contribution in [2.45, 2.75) is 18.8 Å². The molecule has 5 aliphatic rings. The summed E-state index contributed by atoms with van der Waals surface area (Å²) >= 11 is 0. The number of aromatic amines is 1. The highest BCUT2D eigenvalue weighted by atomic mass is 16.5. The molecule has 0 spiro atoms. The van der Waals surface area contributed by atoms with E-state index in [9.17, 15) is 4.79 Å².